The summed E-state index contributed by atoms with van der Waals surface area (Å²) >= 11 is 6.88. The van der Waals surface area contributed by atoms with E-state index in [0.29, 0.717) is 59.9 Å². The number of alkyl halides is 2. The molecule has 1 fully saturated rings. The van der Waals surface area contributed by atoms with Crippen molar-refractivity contribution >= 4 is 50.6 Å². The van der Waals surface area contributed by atoms with E-state index in [1.165, 1.54) is 18.6 Å². The monoisotopic (exact) mass is 596 g/mol. The zero-order chi connectivity index (χ0) is 27.7. The first-order valence-corrected chi connectivity index (χ1v) is 14.7. The van der Waals surface area contributed by atoms with E-state index in [4.69, 9.17) is 21.5 Å². The lowest BCUT2D eigenvalue weighted by Gasteiger charge is -2.26. The first kappa shape index (κ1) is 27.9. The number of carbonyl (C=O) groups excluding carboxylic acids is 1. The molecule has 1 aliphatic carbocycles. The lowest BCUT2D eigenvalue weighted by atomic mass is 9.93. The summed E-state index contributed by atoms with van der Waals surface area (Å²) < 4.78 is 61.0. The highest BCUT2D eigenvalue weighted by atomic mass is 35.5. The summed E-state index contributed by atoms with van der Waals surface area (Å²) in [5, 5.41) is 5.36. The highest BCUT2D eigenvalue weighted by Crippen LogP contribution is 2.43. The van der Waals surface area contributed by atoms with Crippen LogP contribution in [-0.4, -0.2) is 43.1 Å². The minimum atomic E-state index is -4.04. The van der Waals surface area contributed by atoms with Crippen molar-refractivity contribution in [3.63, 3.8) is 0 Å². The Morgan fingerprint density at radius 1 is 1.28 bits per heavy atom. The lowest BCUT2D eigenvalue weighted by molar-refractivity contribution is 0.0661. The van der Waals surface area contributed by atoms with Crippen molar-refractivity contribution in [2.45, 2.75) is 38.2 Å². The van der Waals surface area contributed by atoms with Crippen LogP contribution in [0.3, 0.4) is 0 Å². The summed E-state index contributed by atoms with van der Waals surface area (Å²) in [6.45, 7) is 0.276. The molecule has 39 heavy (non-hydrogen) atoms. The number of ketones is 1. The van der Waals surface area contributed by atoms with Gasteiger partial charge < -0.3 is 4.74 Å². The zero-order valence-electron chi connectivity index (χ0n) is 20.3. The SMILES string of the molecule is NS(=O)(=O)OC[C@@H]1CCC(=Nc2ncncc2C(=O)c2cc(C3OCCc4ccc(Cl)cc43)c(C(F)F)s2)C1. The number of fused-ring (bicyclic) bond motifs is 1. The number of ether oxygens (including phenoxy) is 1. The molecule has 1 aromatic carbocycles. The number of rotatable bonds is 8. The fourth-order valence-electron chi connectivity index (χ4n) is 4.78. The molecule has 2 aromatic heterocycles. The number of thiophene rings is 1. The first-order chi connectivity index (χ1) is 18.6. The standard InChI is InChI=1S/C25H23ClF2N4O5S2/c26-15-3-2-14-5-6-36-22(17(14)8-15)18-9-20(38-23(18)24(27)28)21(33)19-10-30-12-31-25(19)32-16-4-1-13(7-16)11-37-39(29,34)35/h2-3,8-10,12-13,22,24H,1,4-7,11H2,(H2,29,34,35)/t13-,22?/m1/s1. The molecule has 14 heteroatoms. The Balaban J connectivity index is 1.44. The molecular formula is C25H23ClF2N4O5S2. The second kappa shape index (κ2) is 11.4. The molecule has 1 unspecified atom stereocenters. The molecule has 5 rings (SSSR count). The van der Waals surface area contributed by atoms with Crippen LogP contribution in [0.15, 0.2) is 41.8 Å². The Bertz CT molecular complexity index is 1550. The van der Waals surface area contributed by atoms with E-state index in [1.54, 1.807) is 12.1 Å². The fraction of sp³-hybridized carbons (Fsp3) is 0.360. The van der Waals surface area contributed by atoms with Crippen LogP contribution in [0, 0.1) is 5.92 Å². The number of benzene rings is 1. The van der Waals surface area contributed by atoms with Gasteiger partial charge in [-0.05, 0) is 60.9 Å². The van der Waals surface area contributed by atoms with E-state index in [0.717, 1.165) is 5.56 Å². The molecule has 1 aliphatic heterocycles. The van der Waals surface area contributed by atoms with Gasteiger partial charge in [0.15, 0.2) is 5.82 Å². The predicted molar refractivity (Wildman–Crippen MR) is 141 cm³/mol. The molecular weight excluding hydrogens is 574 g/mol. The molecule has 1 saturated carbocycles. The van der Waals surface area contributed by atoms with Gasteiger partial charge in [0.05, 0.1) is 28.5 Å². The molecule has 0 bridgehead atoms. The van der Waals surface area contributed by atoms with E-state index >= 15 is 0 Å². The molecule has 2 atom stereocenters. The van der Waals surface area contributed by atoms with Gasteiger partial charge in [0.1, 0.15) is 12.4 Å². The number of aromatic nitrogens is 2. The lowest BCUT2D eigenvalue weighted by Crippen LogP contribution is -2.19. The molecule has 0 saturated heterocycles. The average molecular weight is 597 g/mol. The smallest absolute Gasteiger partial charge is 0.333 e. The molecule has 3 aromatic rings. The number of hydrogen-bond acceptors (Lipinski definition) is 9. The van der Waals surface area contributed by atoms with Crippen molar-refractivity contribution in [3.8, 4) is 0 Å². The van der Waals surface area contributed by atoms with Crippen molar-refractivity contribution in [2.24, 2.45) is 16.0 Å². The van der Waals surface area contributed by atoms with Crippen LogP contribution in [0.1, 0.15) is 68.6 Å². The molecule has 9 nitrogen and oxygen atoms in total. The van der Waals surface area contributed by atoms with Crippen molar-refractivity contribution < 1.29 is 30.9 Å². The van der Waals surface area contributed by atoms with E-state index < -0.39 is 28.6 Å². The molecule has 2 N–H and O–H groups in total. The molecule has 0 radical (unpaired) electrons. The van der Waals surface area contributed by atoms with Gasteiger partial charge in [-0.3, -0.25) is 8.98 Å². The predicted octanol–water partition coefficient (Wildman–Crippen LogP) is 5.11. The number of aliphatic imine (C=N–C) groups is 1. The van der Waals surface area contributed by atoms with Gasteiger partial charge in [0.2, 0.25) is 5.78 Å². The van der Waals surface area contributed by atoms with Gasteiger partial charge in [-0.1, -0.05) is 17.7 Å². The second-order valence-corrected chi connectivity index (χ2v) is 12.0. The molecule has 206 valence electrons. The number of nitrogens with zero attached hydrogens (tertiary/aromatic N) is 3. The Kier molecular flexibility index (Phi) is 8.17. The highest BCUT2D eigenvalue weighted by molar-refractivity contribution is 7.84. The van der Waals surface area contributed by atoms with E-state index in [1.807, 2.05) is 6.07 Å². The summed E-state index contributed by atoms with van der Waals surface area (Å²) in [4.78, 5) is 26.0. The minimum absolute atomic E-state index is 0.0656. The quantitative estimate of drug-likeness (QED) is 0.357. The number of halogens is 3. The minimum Gasteiger partial charge on any atom is -0.368 e. The van der Waals surface area contributed by atoms with Gasteiger partial charge >= 0.3 is 10.3 Å². The van der Waals surface area contributed by atoms with Crippen molar-refractivity contribution in [3.05, 3.63) is 73.8 Å². The largest absolute Gasteiger partial charge is 0.368 e. The van der Waals surface area contributed by atoms with Gasteiger partial charge in [-0.2, -0.15) is 8.42 Å². The van der Waals surface area contributed by atoms with Crippen LogP contribution >= 0.6 is 22.9 Å². The number of hydrogen-bond donors (Lipinski definition) is 1. The number of carbonyl (C=O) groups is 1. The van der Waals surface area contributed by atoms with E-state index in [9.17, 15) is 22.0 Å². The Hall–Kier alpha value is -2.68. The number of nitrogens with two attached hydrogens (primary N) is 1. The second-order valence-electron chi connectivity index (χ2n) is 9.23. The first-order valence-electron chi connectivity index (χ1n) is 12.0. The van der Waals surface area contributed by atoms with Crippen LogP contribution in [0.4, 0.5) is 14.6 Å². The topological polar surface area (TPSA) is 134 Å². The molecule has 2 aliphatic rings. The van der Waals surface area contributed by atoms with Crippen LogP contribution in [0.25, 0.3) is 0 Å². The van der Waals surface area contributed by atoms with Gasteiger partial charge in [-0.25, -0.2) is 28.9 Å². The fourth-order valence-corrected chi connectivity index (χ4v) is 6.34. The maximum atomic E-state index is 14.2. The van der Waals surface area contributed by atoms with Crippen molar-refractivity contribution in [1.29, 1.82) is 0 Å². The maximum absolute atomic E-state index is 14.2. The average Bonchev–Trinajstić information content (AvgIpc) is 3.54. The third-order valence-electron chi connectivity index (χ3n) is 6.58. The normalized spacial score (nSPS) is 20.5. The van der Waals surface area contributed by atoms with Crippen molar-refractivity contribution in [1.82, 2.24) is 9.97 Å². The molecule has 0 spiro atoms. The van der Waals surface area contributed by atoms with Crippen LogP contribution in [-0.2, 0) is 25.6 Å². The highest BCUT2D eigenvalue weighted by Gasteiger charge is 2.32. The van der Waals surface area contributed by atoms with Crippen molar-refractivity contribution in [2.75, 3.05) is 13.2 Å². The maximum Gasteiger partial charge on any atom is 0.333 e. The summed E-state index contributed by atoms with van der Waals surface area (Å²) in [5.74, 6) is -0.539. The van der Waals surface area contributed by atoms with E-state index in [-0.39, 0.29) is 39.2 Å². The third-order valence-corrected chi connectivity index (χ3v) is 8.43. The van der Waals surface area contributed by atoms with Crippen LogP contribution in [0.5, 0.6) is 0 Å². The van der Waals surface area contributed by atoms with Crippen LogP contribution in [0.2, 0.25) is 5.02 Å². The Labute approximate surface area is 232 Å². The summed E-state index contributed by atoms with van der Waals surface area (Å²) in [6, 6.07) is 6.75. The Morgan fingerprint density at radius 2 is 2.10 bits per heavy atom. The third kappa shape index (κ3) is 6.39. The van der Waals surface area contributed by atoms with Gasteiger partial charge in [0, 0.05) is 22.5 Å². The zero-order valence-corrected chi connectivity index (χ0v) is 22.7. The molecule has 0 amide bonds. The van der Waals surface area contributed by atoms with E-state index in [2.05, 4.69) is 19.1 Å². The van der Waals surface area contributed by atoms with Gasteiger partial charge in [0.25, 0.3) is 6.43 Å². The van der Waals surface area contributed by atoms with Gasteiger partial charge in [-0.15, -0.1) is 11.3 Å². The van der Waals surface area contributed by atoms with Crippen LogP contribution < -0.4 is 5.14 Å². The Morgan fingerprint density at radius 3 is 2.87 bits per heavy atom. The summed E-state index contributed by atoms with van der Waals surface area (Å²) in [5.41, 5.74) is 2.64. The summed E-state index contributed by atoms with van der Waals surface area (Å²) in [7, 11) is -4.04. The molecule has 3 heterocycles. The summed E-state index contributed by atoms with van der Waals surface area (Å²) in [6.07, 6.45) is 1.19.